The second kappa shape index (κ2) is 5.80. The minimum atomic E-state index is -3.75. The average Bonchev–Trinajstić information content (AvgIpc) is 2.81. The molecule has 0 aliphatic carbocycles. The first kappa shape index (κ1) is 15.4. The second-order valence-corrected chi connectivity index (χ2v) is 7.48. The average molecular weight is 319 g/mol. The van der Waals surface area contributed by atoms with Gasteiger partial charge >= 0.3 is 5.97 Å². The predicted molar refractivity (Wildman–Crippen MR) is 74.8 cm³/mol. The van der Waals surface area contributed by atoms with Gasteiger partial charge in [-0.25, -0.2) is 13.2 Å². The Morgan fingerprint density at radius 1 is 1.45 bits per heavy atom. The summed E-state index contributed by atoms with van der Waals surface area (Å²) >= 11 is 0.950. The number of piperidine rings is 1. The van der Waals surface area contributed by atoms with Crippen LogP contribution in [0.2, 0.25) is 0 Å². The number of ether oxygens (including phenoxy) is 1. The van der Waals surface area contributed by atoms with Crippen molar-refractivity contribution in [2.45, 2.75) is 30.8 Å². The molecule has 2 rings (SSSR count). The second-order valence-electron chi connectivity index (χ2n) is 4.72. The van der Waals surface area contributed by atoms with Crippen LogP contribution in [0.1, 0.15) is 28.1 Å². The Kier molecular flexibility index (Phi) is 4.48. The van der Waals surface area contributed by atoms with E-state index < -0.39 is 16.0 Å². The van der Waals surface area contributed by atoms with Gasteiger partial charge in [0.15, 0.2) is 0 Å². The first-order chi connectivity index (χ1) is 9.37. The third kappa shape index (κ3) is 2.73. The van der Waals surface area contributed by atoms with Crippen molar-refractivity contribution >= 4 is 27.3 Å². The number of rotatable bonds is 4. The van der Waals surface area contributed by atoms with Crippen LogP contribution in [0, 0.1) is 6.92 Å². The molecule has 1 aliphatic heterocycles. The number of aromatic carboxylic acids is 1. The van der Waals surface area contributed by atoms with Gasteiger partial charge in [-0.15, -0.1) is 11.3 Å². The van der Waals surface area contributed by atoms with Crippen molar-refractivity contribution in [3.63, 3.8) is 0 Å². The number of aryl methyl sites for hydroxylation is 1. The molecule has 2 heterocycles. The van der Waals surface area contributed by atoms with Gasteiger partial charge in [0, 0.05) is 20.2 Å². The van der Waals surface area contributed by atoms with Crippen molar-refractivity contribution in [1.82, 2.24) is 4.31 Å². The minimum absolute atomic E-state index is 0.0640. The Hall–Kier alpha value is -0.960. The maximum absolute atomic E-state index is 12.6. The zero-order chi connectivity index (χ0) is 14.9. The fraction of sp³-hybridized carbons (Fsp3) is 0.583. The number of nitrogens with zero attached hydrogens (tertiary/aromatic N) is 1. The zero-order valence-electron chi connectivity index (χ0n) is 11.3. The molecule has 1 aromatic rings. The van der Waals surface area contributed by atoms with Gasteiger partial charge in [0.2, 0.25) is 10.0 Å². The molecule has 6 nitrogen and oxygen atoms in total. The molecule has 1 fully saturated rings. The molecule has 0 aromatic carbocycles. The van der Waals surface area contributed by atoms with Crippen molar-refractivity contribution in [1.29, 1.82) is 0 Å². The molecule has 1 N–H and O–H groups in total. The number of hydrogen-bond acceptors (Lipinski definition) is 5. The van der Waals surface area contributed by atoms with Gasteiger partial charge in [-0.05, 0) is 30.7 Å². The van der Waals surface area contributed by atoms with Crippen LogP contribution in [0.25, 0.3) is 0 Å². The van der Waals surface area contributed by atoms with Crippen LogP contribution in [-0.2, 0) is 14.8 Å². The lowest BCUT2D eigenvalue weighted by molar-refractivity contribution is 0.0602. The highest BCUT2D eigenvalue weighted by molar-refractivity contribution is 7.89. The van der Waals surface area contributed by atoms with Gasteiger partial charge in [-0.2, -0.15) is 4.31 Å². The largest absolute Gasteiger partial charge is 0.477 e. The molecule has 0 bridgehead atoms. The third-order valence-corrected chi connectivity index (χ3v) is 6.75. The van der Waals surface area contributed by atoms with Crippen molar-refractivity contribution in [2.75, 3.05) is 20.2 Å². The fourth-order valence-electron chi connectivity index (χ4n) is 2.34. The minimum Gasteiger partial charge on any atom is -0.477 e. The Labute approximate surface area is 122 Å². The van der Waals surface area contributed by atoms with Gasteiger partial charge in [-0.1, -0.05) is 0 Å². The number of carbonyl (C=O) groups is 1. The normalized spacial score (nSPS) is 18.3. The molecule has 1 saturated heterocycles. The van der Waals surface area contributed by atoms with E-state index in [-0.39, 0.29) is 15.9 Å². The summed E-state index contributed by atoms with van der Waals surface area (Å²) in [4.78, 5) is 11.0. The first-order valence-corrected chi connectivity index (χ1v) is 8.54. The number of hydrogen-bond donors (Lipinski definition) is 1. The highest BCUT2D eigenvalue weighted by Crippen LogP contribution is 2.31. The SMILES string of the molecule is COC1CCN(S(=O)(=O)c2c(C)csc2C(=O)O)CC1. The molecule has 112 valence electrons. The van der Waals surface area contributed by atoms with Gasteiger partial charge in [-0.3, -0.25) is 0 Å². The van der Waals surface area contributed by atoms with Crippen LogP contribution >= 0.6 is 11.3 Å². The van der Waals surface area contributed by atoms with E-state index in [1.165, 1.54) is 4.31 Å². The maximum atomic E-state index is 12.6. The van der Waals surface area contributed by atoms with E-state index in [2.05, 4.69) is 0 Å². The molecule has 8 heteroatoms. The number of thiophene rings is 1. The Balaban J connectivity index is 2.32. The number of carboxylic acid groups (broad SMARTS) is 1. The highest BCUT2D eigenvalue weighted by atomic mass is 32.2. The molecule has 20 heavy (non-hydrogen) atoms. The third-order valence-electron chi connectivity index (χ3n) is 3.44. The molecule has 0 amide bonds. The number of carboxylic acids is 1. The first-order valence-electron chi connectivity index (χ1n) is 6.22. The quantitative estimate of drug-likeness (QED) is 0.910. The summed E-state index contributed by atoms with van der Waals surface area (Å²) in [7, 11) is -2.14. The monoisotopic (exact) mass is 319 g/mol. The van der Waals surface area contributed by atoms with Crippen LogP contribution in [0.4, 0.5) is 0 Å². The molecule has 0 unspecified atom stereocenters. The van der Waals surface area contributed by atoms with Crippen LogP contribution in [0.3, 0.4) is 0 Å². The smallest absolute Gasteiger partial charge is 0.347 e. The highest BCUT2D eigenvalue weighted by Gasteiger charge is 2.34. The molecule has 0 atom stereocenters. The van der Waals surface area contributed by atoms with Gasteiger partial charge in [0.05, 0.1) is 6.10 Å². The summed E-state index contributed by atoms with van der Waals surface area (Å²) in [5.74, 6) is -1.20. The topological polar surface area (TPSA) is 83.9 Å². The Morgan fingerprint density at radius 2 is 2.05 bits per heavy atom. The van der Waals surface area contributed by atoms with E-state index in [9.17, 15) is 13.2 Å². The van der Waals surface area contributed by atoms with Crippen molar-refractivity contribution in [3.8, 4) is 0 Å². The van der Waals surface area contributed by atoms with Crippen LogP contribution in [-0.4, -0.2) is 50.1 Å². The van der Waals surface area contributed by atoms with Crippen LogP contribution < -0.4 is 0 Å². The van der Waals surface area contributed by atoms with E-state index in [0.717, 1.165) is 11.3 Å². The number of methoxy groups -OCH3 is 1. The zero-order valence-corrected chi connectivity index (χ0v) is 13.0. The molecular formula is C12H17NO5S2. The Morgan fingerprint density at radius 3 is 2.55 bits per heavy atom. The maximum Gasteiger partial charge on any atom is 0.347 e. The number of sulfonamides is 1. The molecule has 0 saturated carbocycles. The molecule has 1 aliphatic rings. The van der Waals surface area contributed by atoms with Gasteiger partial charge < -0.3 is 9.84 Å². The summed E-state index contributed by atoms with van der Waals surface area (Å²) in [6.07, 6.45) is 1.33. The fourth-order valence-corrected chi connectivity index (χ4v) is 5.39. The van der Waals surface area contributed by atoms with E-state index >= 15 is 0 Å². The standard InChI is InChI=1S/C12H17NO5S2/c1-8-7-19-10(12(14)15)11(8)20(16,17)13-5-3-9(18-2)4-6-13/h7,9H,3-6H2,1-2H3,(H,14,15). The molecule has 0 spiro atoms. The van der Waals surface area contributed by atoms with Crippen LogP contribution in [0.5, 0.6) is 0 Å². The van der Waals surface area contributed by atoms with Crippen LogP contribution in [0.15, 0.2) is 10.3 Å². The predicted octanol–water partition coefficient (Wildman–Crippen LogP) is 1.55. The van der Waals surface area contributed by atoms with Crippen molar-refractivity contribution < 1.29 is 23.1 Å². The lowest BCUT2D eigenvalue weighted by Gasteiger charge is -2.30. The van der Waals surface area contributed by atoms with Crippen molar-refractivity contribution in [2.24, 2.45) is 0 Å². The summed E-state index contributed by atoms with van der Waals surface area (Å²) in [5, 5.41) is 10.7. The lowest BCUT2D eigenvalue weighted by Crippen LogP contribution is -2.41. The van der Waals surface area contributed by atoms with Gasteiger partial charge in [0.1, 0.15) is 9.77 Å². The van der Waals surface area contributed by atoms with E-state index in [1.807, 2.05) is 0 Å². The van der Waals surface area contributed by atoms with E-state index in [1.54, 1.807) is 19.4 Å². The summed E-state index contributed by atoms with van der Waals surface area (Å²) in [5.41, 5.74) is 0.487. The summed E-state index contributed by atoms with van der Waals surface area (Å²) in [6.45, 7) is 2.34. The Bertz CT molecular complexity index is 599. The lowest BCUT2D eigenvalue weighted by atomic mass is 10.1. The van der Waals surface area contributed by atoms with E-state index in [0.29, 0.717) is 31.5 Å². The summed E-state index contributed by atoms with van der Waals surface area (Å²) < 4.78 is 31.8. The van der Waals surface area contributed by atoms with Crippen molar-refractivity contribution in [3.05, 3.63) is 15.8 Å². The van der Waals surface area contributed by atoms with E-state index in [4.69, 9.17) is 9.84 Å². The molecule has 0 radical (unpaired) electrons. The molecular weight excluding hydrogens is 302 g/mol. The molecule has 1 aromatic heterocycles. The van der Waals surface area contributed by atoms with Gasteiger partial charge in [0.25, 0.3) is 0 Å². The summed E-state index contributed by atoms with van der Waals surface area (Å²) in [6, 6.07) is 0.